The highest BCUT2D eigenvalue weighted by Crippen LogP contribution is 2.42. The van der Waals surface area contributed by atoms with Crippen LogP contribution >= 0.6 is 0 Å². The van der Waals surface area contributed by atoms with Crippen LogP contribution in [0.5, 0.6) is 0 Å². The monoisotopic (exact) mass is 377 g/mol. The van der Waals surface area contributed by atoms with E-state index in [1.54, 1.807) is 61.5 Å². The highest BCUT2D eigenvalue weighted by atomic mass is 19.4. The summed E-state index contributed by atoms with van der Waals surface area (Å²) in [6, 6.07) is 14.2. The van der Waals surface area contributed by atoms with E-state index in [9.17, 15) is 23.1 Å². The summed E-state index contributed by atoms with van der Waals surface area (Å²) in [4.78, 5) is 14.5. The molecule has 0 bridgehead atoms. The normalized spacial score (nSPS) is 19.8. The van der Waals surface area contributed by atoms with E-state index in [0.717, 1.165) is 5.69 Å². The van der Waals surface area contributed by atoms with Crippen molar-refractivity contribution in [3.63, 3.8) is 0 Å². The van der Waals surface area contributed by atoms with Crippen molar-refractivity contribution in [2.45, 2.75) is 18.3 Å². The molecule has 1 aliphatic rings. The average Bonchev–Trinajstić information content (AvgIpc) is 3.01. The van der Waals surface area contributed by atoms with Crippen molar-refractivity contribution in [2.24, 2.45) is 5.10 Å². The van der Waals surface area contributed by atoms with Crippen molar-refractivity contribution in [3.05, 3.63) is 65.7 Å². The average molecular weight is 377 g/mol. The predicted octanol–water partition coefficient (Wildman–Crippen LogP) is 3.25. The summed E-state index contributed by atoms with van der Waals surface area (Å²) < 4.78 is 40.8. The maximum absolute atomic E-state index is 13.6. The van der Waals surface area contributed by atoms with Crippen LogP contribution in [-0.4, -0.2) is 47.7 Å². The predicted molar refractivity (Wildman–Crippen MR) is 95.5 cm³/mol. The Bertz CT molecular complexity index is 864. The van der Waals surface area contributed by atoms with E-state index in [-0.39, 0.29) is 16.3 Å². The number of hydrazone groups is 1. The summed E-state index contributed by atoms with van der Waals surface area (Å²) in [5.41, 5.74) is -2.20. The first-order valence-corrected chi connectivity index (χ1v) is 8.17. The molecule has 0 saturated carbocycles. The largest absolute Gasteiger partial charge is 0.438 e. The summed E-state index contributed by atoms with van der Waals surface area (Å²) >= 11 is 0. The van der Waals surface area contributed by atoms with Crippen LogP contribution in [0.3, 0.4) is 0 Å². The Balaban J connectivity index is 2.00. The third-order valence-electron chi connectivity index (χ3n) is 4.37. The number of carbonyl (C=O) groups excluding carboxylic acids is 1. The second kappa shape index (κ2) is 6.70. The topological polar surface area (TPSA) is 56.1 Å². The van der Waals surface area contributed by atoms with Gasteiger partial charge in [0.25, 0.3) is 11.6 Å². The van der Waals surface area contributed by atoms with Crippen LogP contribution in [0.4, 0.5) is 18.9 Å². The van der Waals surface area contributed by atoms with Crippen molar-refractivity contribution in [2.75, 3.05) is 19.0 Å². The fourth-order valence-electron chi connectivity index (χ4n) is 2.80. The Morgan fingerprint density at radius 1 is 1.11 bits per heavy atom. The first-order valence-electron chi connectivity index (χ1n) is 8.17. The van der Waals surface area contributed by atoms with Crippen LogP contribution in [-0.2, 0) is 0 Å². The van der Waals surface area contributed by atoms with Crippen LogP contribution in [0, 0.1) is 0 Å². The Labute approximate surface area is 154 Å². The minimum atomic E-state index is -5.06. The van der Waals surface area contributed by atoms with Crippen molar-refractivity contribution < 1.29 is 23.1 Å². The minimum absolute atomic E-state index is 0.00124. The van der Waals surface area contributed by atoms with Gasteiger partial charge in [0.15, 0.2) is 0 Å². The fraction of sp³-hybridized carbons (Fsp3) is 0.263. The number of hydrogen-bond acceptors (Lipinski definition) is 4. The summed E-state index contributed by atoms with van der Waals surface area (Å²) in [6.07, 6.45) is -5.89. The first kappa shape index (κ1) is 18.9. The van der Waals surface area contributed by atoms with Gasteiger partial charge in [-0.1, -0.05) is 30.3 Å². The molecule has 0 radical (unpaired) electrons. The summed E-state index contributed by atoms with van der Waals surface area (Å²) in [5.74, 6) is -1.02. The molecule has 0 fully saturated rings. The van der Waals surface area contributed by atoms with Gasteiger partial charge in [-0.25, -0.2) is 0 Å². The number of carbonyl (C=O) groups is 1. The van der Waals surface area contributed by atoms with Gasteiger partial charge in [0, 0.05) is 25.3 Å². The highest BCUT2D eigenvalue weighted by molar-refractivity contribution is 6.05. The Morgan fingerprint density at radius 3 is 2.22 bits per heavy atom. The van der Waals surface area contributed by atoms with Gasteiger partial charge in [0.05, 0.1) is 12.1 Å². The Hall–Kier alpha value is -2.87. The molecule has 0 unspecified atom stereocenters. The number of amides is 1. The molecule has 0 aliphatic carbocycles. The van der Waals surface area contributed by atoms with Gasteiger partial charge < -0.3 is 10.0 Å². The molecule has 0 aromatic heterocycles. The Morgan fingerprint density at radius 2 is 1.70 bits per heavy atom. The van der Waals surface area contributed by atoms with Crippen molar-refractivity contribution >= 4 is 17.3 Å². The SMILES string of the molecule is CN(C)c1ccc(C(=O)N2N=C(c3ccccc3)C[C@@]2(O)C(F)(F)F)cc1. The smallest absolute Gasteiger partial charge is 0.378 e. The lowest BCUT2D eigenvalue weighted by molar-refractivity contribution is -0.297. The molecule has 1 N–H and O–H groups in total. The van der Waals surface area contributed by atoms with E-state index in [2.05, 4.69) is 5.10 Å². The van der Waals surface area contributed by atoms with Crippen molar-refractivity contribution in [1.29, 1.82) is 0 Å². The molecular formula is C19H18F3N3O2. The molecule has 2 aromatic rings. The molecule has 142 valence electrons. The highest BCUT2D eigenvalue weighted by Gasteiger charge is 2.63. The molecule has 8 heteroatoms. The second-order valence-corrected chi connectivity index (χ2v) is 6.46. The van der Waals surface area contributed by atoms with Gasteiger partial charge in [0.1, 0.15) is 0 Å². The van der Waals surface area contributed by atoms with Gasteiger partial charge in [-0.05, 0) is 29.8 Å². The number of rotatable bonds is 3. The zero-order valence-corrected chi connectivity index (χ0v) is 14.7. The standard InChI is InChI=1S/C19H18F3N3O2/c1-24(2)15-10-8-14(9-11-15)17(26)25-18(27,19(20,21)22)12-16(23-25)13-6-4-3-5-7-13/h3-11,27H,12H2,1-2H3/t18-/m1/s1. The van der Waals surface area contributed by atoms with Crippen LogP contribution < -0.4 is 4.90 Å². The number of aliphatic hydroxyl groups is 1. The van der Waals surface area contributed by atoms with E-state index in [1.807, 2.05) is 0 Å². The Kier molecular flexibility index (Phi) is 4.69. The summed E-state index contributed by atoms with van der Waals surface area (Å²) in [5, 5.41) is 14.3. The molecule has 5 nitrogen and oxygen atoms in total. The molecule has 0 spiro atoms. The molecule has 27 heavy (non-hydrogen) atoms. The minimum Gasteiger partial charge on any atom is -0.378 e. The van der Waals surface area contributed by atoms with Gasteiger partial charge in [0.2, 0.25) is 0 Å². The van der Waals surface area contributed by atoms with Gasteiger partial charge in [-0.2, -0.15) is 23.3 Å². The molecule has 3 rings (SSSR count). The van der Waals surface area contributed by atoms with E-state index < -0.39 is 24.2 Å². The number of hydrogen-bond donors (Lipinski definition) is 1. The molecular weight excluding hydrogens is 359 g/mol. The lowest BCUT2D eigenvalue weighted by Gasteiger charge is -2.32. The van der Waals surface area contributed by atoms with Crippen molar-refractivity contribution in [1.82, 2.24) is 5.01 Å². The molecule has 1 aliphatic heterocycles. The maximum Gasteiger partial charge on any atom is 0.438 e. The quantitative estimate of drug-likeness (QED) is 0.893. The number of benzene rings is 2. The van der Waals surface area contributed by atoms with Crippen LogP contribution in [0.25, 0.3) is 0 Å². The number of alkyl halides is 3. The number of halogens is 3. The zero-order valence-electron chi connectivity index (χ0n) is 14.7. The molecule has 2 aromatic carbocycles. The third kappa shape index (κ3) is 3.40. The maximum atomic E-state index is 13.6. The van der Waals surface area contributed by atoms with Crippen LogP contribution in [0.2, 0.25) is 0 Å². The van der Waals surface area contributed by atoms with Gasteiger partial charge >= 0.3 is 6.18 Å². The fourth-order valence-corrected chi connectivity index (χ4v) is 2.80. The summed E-state index contributed by atoms with van der Waals surface area (Å²) in [7, 11) is 3.60. The number of anilines is 1. The van der Waals surface area contributed by atoms with Crippen LogP contribution in [0.1, 0.15) is 22.3 Å². The lowest BCUT2D eigenvalue weighted by Crippen LogP contribution is -2.56. The second-order valence-electron chi connectivity index (χ2n) is 6.46. The van der Waals surface area contributed by atoms with Crippen LogP contribution in [0.15, 0.2) is 59.7 Å². The van der Waals surface area contributed by atoms with E-state index in [4.69, 9.17) is 0 Å². The lowest BCUT2D eigenvalue weighted by atomic mass is 10.0. The third-order valence-corrected chi connectivity index (χ3v) is 4.37. The summed E-state index contributed by atoms with van der Waals surface area (Å²) in [6.45, 7) is 0. The molecule has 0 saturated heterocycles. The molecule has 1 amide bonds. The van der Waals surface area contributed by atoms with Crippen molar-refractivity contribution in [3.8, 4) is 0 Å². The zero-order chi connectivity index (χ0) is 19.8. The van der Waals surface area contributed by atoms with Gasteiger partial charge in [-0.3, -0.25) is 4.79 Å². The molecule has 1 atom stereocenters. The van der Waals surface area contributed by atoms with E-state index in [1.165, 1.54) is 12.1 Å². The van der Waals surface area contributed by atoms with E-state index >= 15 is 0 Å². The molecule has 1 heterocycles. The van der Waals surface area contributed by atoms with E-state index in [0.29, 0.717) is 5.56 Å². The van der Waals surface area contributed by atoms with Gasteiger partial charge in [-0.15, -0.1) is 0 Å². The first-order chi connectivity index (χ1) is 12.6. The number of nitrogens with zero attached hydrogens (tertiary/aromatic N) is 3.